The highest BCUT2D eigenvalue weighted by Crippen LogP contribution is 2.29. The molecule has 92 valence electrons. The van der Waals surface area contributed by atoms with Gasteiger partial charge in [0.15, 0.2) is 0 Å². The highest BCUT2D eigenvalue weighted by atomic mass is 79.9. The molecule has 17 heavy (non-hydrogen) atoms. The molecule has 0 aliphatic rings. The molecule has 2 N–H and O–H groups in total. The third kappa shape index (κ3) is 3.13. The first-order valence-electron chi connectivity index (χ1n) is 5.51. The van der Waals surface area contributed by atoms with Crippen LogP contribution in [0.25, 0.3) is 0 Å². The molecule has 1 unspecified atom stereocenters. The van der Waals surface area contributed by atoms with Crippen molar-refractivity contribution in [3.63, 3.8) is 0 Å². The molecule has 3 nitrogen and oxygen atoms in total. The molecule has 0 saturated heterocycles. The van der Waals surface area contributed by atoms with Crippen molar-refractivity contribution in [2.24, 2.45) is 5.73 Å². The Morgan fingerprint density at radius 2 is 2.35 bits per heavy atom. The fourth-order valence-corrected chi connectivity index (χ4v) is 3.94. The smallest absolute Gasteiger partial charge is 0.0803 e. The maximum absolute atomic E-state index is 6.25. The Labute approximate surface area is 117 Å². The average molecular weight is 332 g/mol. The maximum atomic E-state index is 6.25. The van der Waals surface area contributed by atoms with Gasteiger partial charge in [0.2, 0.25) is 0 Å². The summed E-state index contributed by atoms with van der Waals surface area (Å²) >= 11 is 6.69. The number of nitrogens with two attached hydrogens (primary N) is 1. The molecule has 0 aromatic carbocycles. The highest BCUT2D eigenvalue weighted by Gasteiger charge is 2.17. The van der Waals surface area contributed by atoms with Crippen LogP contribution in [0.5, 0.6) is 0 Å². The Hall–Kier alpha value is -0.300. The van der Waals surface area contributed by atoms with Crippen LogP contribution in [0.4, 0.5) is 0 Å². The minimum absolute atomic E-state index is 0.00602. The minimum Gasteiger partial charge on any atom is -0.323 e. The Morgan fingerprint density at radius 1 is 1.53 bits per heavy atom. The lowest BCUT2D eigenvalue weighted by atomic mass is 10.1. The van der Waals surface area contributed by atoms with E-state index >= 15 is 0 Å². The SMILES string of the molecule is CCCc1nnsc1C(N)Cc1sccc1Br. The lowest BCUT2D eigenvalue weighted by Crippen LogP contribution is -2.13. The molecule has 6 heteroatoms. The van der Waals surface area contributed by atoms with Crippen LogP contribution in [-0.2, 0) is 12.8 Å². The van der Waals surface area contributed by atoms with E-state index in [0.717, 1.165) is 34.3 Å². The van der Waals surface area contributed by atoms with Gasteiger partial charge in [-0.3, -0.25) is 0 Å². The molecule has 2 aromatic heterocycles. The van der Waals surface area contributed by atoms with E-state index in [1.807, 2.05) is 0 Å². The van der Waals surface area contributed by atoms with E-state index in [4.69, 9.17) is 5.73 Å². The molecule has 0 aliphatic heterocycles. The summed E-state index contributed by atoms with van der Waals surface area (Å²) in [4.78, 5) is 2.42. The molecule has 0 radical (unpaired) electrons. The predicted molar refractivity (Wildman–Crippen MR) is 76.6 cm³/mol. The van der Waals surface area contributed by atoms with Crippen LogP contribution in [0.1, 0.15) is 34.8 Å². The van der Waals surface area contributed by atoms with Gasteiger partial charge in [-0.1, -0.05) is 17.8 Å². The second-order valence-corrected chi connectivity index (χ2v) is 6.48. The summed E-state index contributed by atoms with van der Waals surface area (Å²) in [6.07, 6.45) is 2.89. The van der Waals surface area contributed by atoms with E-state index in [0.29, 0.717) is 0 Å². The van der Waals surface area contributed by atoms with Crippen molar-refractivity contribution in [3.05, 3.63) is 31.4 Å². The van der Waals surface area contributed by atoms with Gasteiger partial charge in [0.05, 0.1) is 10.6 Å². The van der Waals surface area contributed by atoms with Crippen molar-refractivity contribution in [1.82, 2.24) is 9.59 Å². The zero-order chi connectivity index (χ0) is 12.3. The van der Waals surface area contributed by atoms with E-state index in [1.165, 1.54) is 16.4 Å². The van der Waals surface area contributed by atoms with Gasteiger partial charge >= 0.3 is 0 Å². The van der Waals surface area contributed by atoms with Crippen molar-refractivity contribution in [3.8, 4) is 0 Å². The van der Waals surface area contributed by atoms with Crippen LogP contribution in [0.3, 0.4) is 0 Å². The van der Waals surface area contributed by atoms with Gasteiger partial charge in [-0.05, 0) is 45.3 Å². The number of hydrogen-bond donors (Lipinski definition) is 1. The largest absolute Gasteiger partial charge is 0.323 e. The maximum Gasteiger partial charge on any atom is 0.0803 e. The summed E-state index contributed by atoms with van der Waals surface area (Å²) in [5, 5.41) is 6.23. The minimum atomic E-state index is 0.00602. The molecule has 0 amide bonds. The number of hydrogen-bond acceptors (Lipinski definition) is 5. The number of thiophene rings is 1. The molecule has 0 bridgehead atoms. The molecule has 0 saturated carbocycles. The topological polar surface area (TPSA) is 51.8 Å². The van der Waals surface area contributed by atoms with Gasteiger partial charge in [0, 0.05) is 21.8 Å². The summed E-state index contributed by atoms with van der Waals surface area (Å²) < 4.78 is 5.16. The van der Waals surface area contributed by atoms with Crippen LogP contribution in [-0.4, -0.2) is 9.59 Å². The Balaban J connectivity index is 2.11. The Morgan fingerprint density at radius 3 is 3.00 bits per heavy atom. The molecule has 2 rings (SSSR count). The molecular formula is C11H14BrN3S2. The molecular weight excluding hydrogens is 318 g/mol. The first kappa shape index (κ1) is 13.1. The van der Waals surface area contributed by atoms with Crippen LogP contribution in [0.15, 0.2) is 15.9 Å². The standard InChI is InChI=1S/C11H14BrN3S2/c1-2-3-9-11(17-15-14-9)8(13)6-10-7(12)4-5-16-10/h4-5,8H,2-3,6,13H2,1H3. The fraction of sp³-hybridized carbons (Fsp3) is 0.455. The summed E-state index contributed by atoms with van der Waals surface area (Å²) in [7, 11) is 0. The van der Waals surface area contributed by atoms with Gasteiger partial charge in [0.25, 0.3) is 0 Å². The fourth-order valence-electron chi connectivity index (χ4n) is 1.67. The third-order valence-electron chi connectivity index (χ3n) is 2.51. The molecule has 2 aromatic rings. The normalized spacial score (nSPS) is 12.9. The van der Waals surface area contributed by atoms with E-state index in [-0.39, 0.29) is 6.04 Å². The van der Waals surface area contributed by atoms with Crippen LogP contribution in [0.2, 0.25) is 0 Å². The molecule has 0 fully saturated rings. The molecule has 0 spiro atoms. The number of nitrogens with zero attached hydrogens (tertiary/aromatic N) is 2. The summed E-state index contributed by atoms with van der Waals surface area (Å²) in [6, 6.07) is 2.07. The predicted octanol–water partition coefficient (Wildman–Crippen LogP) is 3.56. The number of aromatic nitrogens is 2. The lowest BCUT2D eigenvalue weighted by molar-refractivity contribution is 0.720. The van der Waals surface area contributed by atoms with Crippen molar-refractivity contribution in [2.45, 2.75) is 32.2 Å². The summed E-state index contributed by atoms with van der Waals surface area (Å²) in [6.45, 7) is 2.14. The van der Waals surface area contributed by atoms with Gasteiger partial charge in [-0.15, -0.1) is 16.4 Å². The molecule has 2 heterocycles. The molecule has 1 atom stereocenters. The van der Waals surface area contributed by atoms with Crippen molar-refractivity contribution in [2.75, 3.05) is 0 Å². The van der Waals surface area contributed by atoms with E-state index in [9.17, 15) is 0 Å². The Bertz CT molecular complexity index is 481. The van der Waals surface area contributed by atoms with Crippen LogP contribution in [0, 0.1) is 0 Å². The van der Waals surface area contributed by atoms with Crippen LogP contribution < -0.4 is 5.73 Å². The summed E-state index contributed by atoms with van der Waals surface area (Å²) in [5.74, 6) is 0. The second kappa shape index (κ2) is 6.04. The van der Waals surface area contributed by atoms with Crippen molar-refractivity contribution in [1.29, 1.82) is 0 Å². The summed E-state index contributed by atoms with van der Waals surface area (Å²) in [5.41, 5.74) is 7.31. The lowest BCUT2D eigenvalue weighted by Gasteiger charge is -2.09. The van der Waals surface area contributed by atoms with Gasteiger partial charge in [-0.25, -0.2) is 0 Å². The first-order chi connectivity index (χ1) is 8.22. The molecule has 0 aliphatic carbocycles. The second-order valence-electron chi connectivity index (χ2n) is 3.84. The van der Waals surface area contributed by atoms with Crippen molar-refractivity contribution >= 4 is 38.8 Å². The zero-order valence-electron chi connectivity index (χ0n) is 9.52. The van der Waals surface area contributed by atoms with Crippen molar-refractivity contribution < 1.29 is 0 Å². The number of rotatable bonds is 5. The zero-order valence-corrected chi connectivity index (χ0v) is 12.7. The van der Waals surface area contributed by atoms with Gasteiger partial charge in [0.1, 0.15) is 0 Å². The van der Waals surface area contributed by atoms with E-state index < -0.39 is 0 Å². The van der Waals surface area contributed by atoms with E-state index in [2.05, 4.69) is 43.9 Å². The monoisotopic (exact) mass is 331 g/mol. The third-order valence-corrected chi connectivity index (χ3v) is 5.35. The quantitative estimate of drug-likeness (QED) is 0.911. The Kier molecular flexibility index (Phi) is 4.67. The first-order valence-corrected chi connectivity index (χ1v) is 7.95. The average Bonchev–Trinajstić information content (AvgIpc) is 2.89. The van der Waals surface area contributed by atoms with Gasteiger partial charge in [-0.2, -0.15) is 0 Å². The van der Waals surface area contributed by atoms with E-state index in [1.54, 1.807) is 11.3 Å². The van der Waals surface area contributed by atoms with Crippen LogP contribution >= 0.6 is 38.8 Å². The number of halogens is 1. The number of aryl methyl sites for hydroxylation is 1. The highest BCUT2D eigenvalue weighted by molar-refractivity contribution is 9.10. The van der Waals surface area contributed by atoms with Gasteiger partial charge < -0.3 is 5.73 Å².